The van der Waals surface area contributed by atoms with Gasteiger partial charge in [0, 0.05) is 33.9 Å². The number of rotatable bonds is 15. The van der Waals surface area contributed by atoms with E-state index in [1.54, 1.807) is 21.3 Å². The van der Waals surface area contributed by atoms with Crippen molar-refractivity contribution < 1.29 is 22.5 Å². The number of carbonyl (C=O) groups excluding carboxylic acids is 1. The highest BCUT2D eigenvalue weighted by atomic mass is 28.4. The maximum absolute atomic E-state index is 13.3. The Kier molecular flexibility index (Phi) is 13.0. The van der Waals surface area contributed by atoms with Crippen molar-refractivity contribution in [2.45, 2.75) is 97.2 Å². The van der Waals surface area contributed by atoms with E-state index < -0.39 is 25.4 Å². The molecule has 0 aliphatic carbocycles. The van der Waals surface area contributed by atoms with Gasteiger partial charge in [-0.05, 0) is 29.6 Å². The second kappa shape index (κ2) is 13.0. The maximum atomic E-state index is 13.3. The molecule has 0 fully saturated rings. The van der Waals surface area contributed by atoms with Gasteiger partial charge in [0.05, 0.1) is 5.92 Å². The van der Waals surface area contributed by atoms with Crippen LogP contribution in [0.2, 0.25) is 42.3 Å². The molecule has 0 saturated carbocycles. The zero-order valence-corrected chi connectivity index (χ0v) is 25.6. The summed E-state index contributed by atoms with van der Waals surface area (Å²) < 4.78 is 25.6. The Labute approximate surface area is 195 Å². The minimum Gasteiger partial charge on any atom is -0.518 e. The summed E-state index contributed by atoms with van der Waals surface area (Å²) in [4.78, 5) is 13.3. The first-order valence-corrected chi connectivity index (χ1v) is 19.3. The monoisotopic (exact) mass is 493 g/mol. The van der Waals surface area contributed by atoms with Crippen LogP contribution in [0, 0.1) is 5.92 Å². The van der Waals surface area contributed by atoms with E-state index in [2.05, 4.69) is 65.7 Å². The van der Waals surface area contributed by atoms with Gasteiger partial charge in [-0.3, -0.25) is 4.79 Å². The molecule has 0 aromatic carbocycles. The van der Waals surface area contributed by atoms with Gasteiger partial charge in [-0.25, -0.2) is 0 Å². The van der Waals surface area contributed by atoms with Crippen LogP contribution in [-0.2, 0) is 22.5 Å². The first-order valence-electron chi connectivity index (χ1n) is 11.8. The van der Waals surface area contributed by atoms with Crippen molar-refractivity contribution in [3.8, 4) is 0 Å². The van der Waals surface area contributed by atoms with Gasteiger partial charge in [-0.2, -0.15) is 0 Å². The Bertz CT molecular complexity index is 504. The standard InChI is InChI=1S/C22H51NO5Si3/c1-18(2)31(19(3)4,20(5)6)28-22(24)21(7)17-23(29(11,12)13)15-14-16-30(25-8,26-9)27-10/h18-21H,14-17H2,1-13H3. The molecule has 1 atom stereocenters. The average Bonchev–Trinajstić information content (AvgIpc) is 2.66. The molecule has 186 valence electrons. The third-order valence-corrected chi connectivity index (χ3v) is 17.8. The van der Waals surface area contributed by atoms with Crippen LogP contribution in [0.4, 0.5) is 0 Å². The van der Waals surface area contributed by atoms with Crippen molar-refractivity contribution in [3.05, 3.63) is 0 Å². The molecule has 0 amide bonds. The van der Waals surface area contributed by atoms with Crippen molar-refractivity contribution in [3.63, 3.8) is 0 Å². The molecule has 0 N–H and O–H groups in total. The number of hydrogen-bond acceptors (Lipinski definition) is 6. The van der Waals surface area contributed by atoms with Gasteiger partial charge in [0.2, 0.25) is 0 Å². The summed E-state index contributed by atoms with van der Waals surface area (Å²) in [7, 11) is -1.44. The largest absolute Gasteiger partial charge is 0.518 e. The third-order valence-electron chi connectivity index (χ3n) is 6.67. The van der Waals surface area contributed by atoms with Crippen molar-refractivity contribution in [2.75, 3.05) is 34.4 Å². The Morgan fingerprint density at radius 2 is 1.23 bits per heavy atom. The van der Waals surface area contributed by atoms with E-state index in [4.69, 9.17) is 17.7 Å². The number of carbonyl (C=O) groups is 1. The summed E-state index contributed by atoms with van der Waals surface area (Å²) in [5, 5.41) is 0. The van der Waals surface area contributed by atoms with Crippen LogP contribution in [0.5, 0.6) is 0 Å². The lowest BCUT2D eigenvalue weighted by atomic mass is 10.2. The summed E-state index contributed by atoms with van der Waals surface area (Å²) in [5.74, 6) is -0.176. The molecule has 0 aliphatic rings. The lowest BCUT2D eigenvalue weighted by molar-refractivity contribution is -0.140. The van der Waals surface area contributed by atoms with Crippen LogP contribution < -0.4 is 0 Å². The Morgan fingerprint density at radius 3 is 1.55 bits per heavy atom. The normalized spacial score (nSPS) is 14.7. The molecule has 0 radical (unpaired) electrons. The van der Waals surface area contributed by atoms with E-state index >= 15 is 0 Å². The highest BCUT2D eigenvalue weighted by Crippen LogP contribution is 2.42. The second-order valence-electron chi connectivity index (χ2n) is 10.7. The van der Waals surface area contributed by atoms with Crippen LogP contribution in [0.1, 0.15) is 54.9 Å². The van der Waals surface area contributed by atoms with E-state index in [-0.39, 0.29) is 11.9 Å². The molecule has 0 rings (SSSR count). The van der Waals surface area contributed by atoms with Crippen molar-refractivity contribution in [1.82, 2.24) is 4.57 Å². The molecule has 9 heteroatoms. The molecule has 0 aromatic rings. The topological polar surface area (TPSA) is 57.2 Å². The Balaban J connectivity index is 5.32. The van der Waals surface area contributed by atoms with Gasteiger partial charge < -0.3 is 22.3 Å². The maximum Gasteiger partial charge on any atom is 0.500 e. The molecule has 31 heavy (non-hydrogen) atoms. The predicted octanol–water partition coefficient (Wildman–Crippen LogP) is 5.75. The molecule has 0 aromatic heterocycles. The fourth-order valence-corrected chi connectivity index (χ4v) is 13.4. The summed E-state index contributed by atoms with van der Waals surface area (Å²) in [6, 6.07) is 0.764. The van der Waals surface area contributed by atoms with Crippen molar-refractivity contribution >= 4 is 31.3 Å². The molecular weight excluding hydrogens is 443 g/mol. The van der Waals surface area contributed by atoms with Gasteiger partial charge in [0.1, 0.15) is 8.24 Å². The van der Waals surface area contributed by atoms with E-state index in [0.29, 0.717) is 16.6 Å². The van der Waals surface area contributed by atoms with E-state index in [9.17, 15) is 4.79 Å². The summed E-state index contributed by atoms with van der Waals surface area (Å²) in [5.41, 5.74) is 1.19. The van der Waals surface area contributed by atoms with E-state index in [1.807, 2.05) is 6.92 Å². The van der Waals surface area contributed by atoms with Gasteiger partial charge in [0.15, 0.2) is 0 Å². The number of hydrogen-bond donors (Lipinski definition) is 0. The molecule has 0 aliphatic heterocycles. The quantitative estimate of drug-likeness (QED) is 0.271. The zero-order chi connectivity index (χ0) is 24.6. The van der Waals surface area contributed by atoms with Gasteiger partial charge in [0.25, 0.3) is 14.3 Å². The molecule has 1 unspecified atom stereocenters. The third kappa shape index (κ3) is 8.35. The minimum atomic E-state index is -2.57. The molecule has 6 nitrogen and oxygen atoms in total. The minimum absolute atomic E-state index is 0.0274. The van der Waals surface area contributed by atoms with Crippen LogP contribution in [0.25, 0.3) is 0 Å². The second-order valence-corrected chi connectivity index (χ2v) is 24.1. The van der Waals surface area contributed by atoms with Gasteiger partial charge in [-0.15, -0.1) is 0 Å². The van der Waals surface area contributed by atoms with Crippen molar-refractivity contribution in [1.29, 1.82) is 0 Å². The van der Waals surface area contributed by atoms with E-state index in [1.165, 1.54) is 0 Å². The summed E-state index contributed by atoms with van der Waals surface area (Å²) in [6.45, 7) is 23.9. The summed E-state index contributed by atoms with van der Waals surface area (Å²) in [6.07, 6.45) is 0.913. The van der Waals surface area contributed by atoms with Gasteiger partial charge >= 0.3 is 8.80 Å². The predicted molar refractivity (Wildman–Crippen MR) is 137 cm³/mol. The van der Waals surface area contributed by atoms with Crippen LogP contribution >= 0.6 is 0 Å². The number of nitrogens with zero attached hydrogens (tertiary/aromatic N) is 1. The van der Waals surface area contributed by atoms with Crippen molar-refractivity contribution in [2.24, 2.45) is 5.92 Å². The first kappa shape index (κ1) is 31.0. The van der Waals surface area contributed by atoms with Crippen LogP contribution in [0.15, 0.2) is 0 Å². The zero-order valence-electron chi connectivity index (χ0n) is 22.6. The molecule has 0 spiro atoms. The molecular formula is C22H51NO5Si3. The molecule has 0 bridgehead atoms. The Hall–Kier alpha value is -0.0394. The Morgan fingerprint density at radius 1 is 0.806 bits per heavy atom. The summed E-state index contributed by atoms with van der Waals surface area (Å²) >= 11 is 0. The fraction of sp³-hybridized carbons (Fsp3) is 0.955. The highest BCUT2D eigenvalue weighted by molar-refractivity contribution is 6.79. The highest BCUT2D eigenvalue weighted by Gasteiger charge is 2.48. The SMILES string of the molecule is CO[Si](CCCN(CC(C)C(=O)O[Si](C(C)C)(C(C)C)C(C)C)[Si](C)(C)C)(OC)OC. The van der Waals surface area contributed by atoms with Crippen LogP contribution in [-0.4, -0.2) is 70.3 Å². The first-order chi connectivity index (χ1) is 14.1. The molecule has 0 saturated heterocycles. The van der Waals surface area contributed by atoms with Crippen LogP contribution in [0.3, 0.4) is 0 Å². The van der Waals surface area contributed by atoms with Gasteiger partial charge in [-0.1, -0.05) is 68.1 Å². The average molecular weight is 494 g/mol. The lowest BCUT2D eigenvalue weighted by Gasteiger charge is -2.42. The fourth-order valence-electron chi connectivity index (χ4n) is 4.78. The molecule has 0 heterocycles. The lowest BCUT2D eigenvalue weighted by Crippen LogP contribution is -2.53. The van der Waals surface area contributed by atoms with E-state index in [0.717, 1.165) is 25.6 Å². The smallest absolute Gasteiger partial charge is 0.500 e.